The number of benzene rings is 7. The van der Waals surface area contributed by atoms with Crippen LogP contribution in [0.25, 0.3) is 66.1 Å². The number of nitrogens with zero attached hydrogens (tertiary/aromatic N) is 2. The van der Waals surface area contributed by atoms with Gasteiger partial charge in [-0.05, 0) is 105 Å². The molecule has 0 atom stereocenters. The molecule has 2 heterocycles. The predicted molar refractivity (Wildman–Crippen MR) is 237 cm³/mol. The average Bonchev–Trinajstić information content (AvgIpc) is 3.73. The summed E-state index contributed by atoms with van der Waals surface area (Å²) in [6.45, 7) is 18.1. The van der Waals surface area contributed by atoms with E-state index in [0.29, 0.717) is 5.56 Å². The third-order valence-electron chi connectivity index (χ3n) is 11.6. The van der Waals surface area contributed by atoms with E-state index in [4.69, 9.17) is 6.85 Å². The Kier molecular flexibility index (Phi) is 6.76. The summed E-state index contributed by atoms with van der Waals surface area (Å²) >= 11 is 0. The Morgan fingerprint density at radius 2 is 0.927 bits per heavy atom. The van der Waals surface area contributed by atoms with E-state index < -0.39 is 6.04 Å². The van der Waals surface area contributed by atoms with E-state index in [1.807, 2.05) is 24.3 Å². The van der Waals surface area contributed by atoms with Crippen molar-refractivity contribution in [3.8, 4) is 22.5 Å². The molecule has 0 bridgehead atoms. The van der Waals surface area contributed by atoms with Gasteiger partial charge in [0.25, 0.3) is 0 Å². The van der Waals surface area contributed by atoms with Crippen molar-refractivity contribution in [1.82, 2.24) is 9.13 Å². The zero-order valence-electron chi connectivity index (χ0n) is 38.0. The van der Waals surface area contributed by atoms with Crippen molar-refractivity contribution >= 4 is 43.6 Å². The lowest BCUT2D eigenvalue weighted by atomic mass is 9.77. The molecule has 0 aliphatic carbocycles. The second-order valence-corrected chi connectivity index (χ2v) is 17.6. The molecule has 2 heteroatoms. The Labute approximate surface area is 332 Å². The fourth-order valence-electron chi connectivity index (χ4n) is 8.40. The van der Waals surface area contributed by atoms with Crippen molar-refractivity contribution in [3.63, 3.8) is 0 Å². The van der Waals surface area contributed by atoms with Gasteiger partial charge in [0.15, 0.2) is 0 Å². The summed E-state index contributed by atoms with van der Waals surface area (Å²) in [6, 6.07) is 44.1. The van der Waals surface area contributed by atoms with Gasteiger partial charge in [0, 0.05) is 32.6 Å². The van der Waals surface area contributed by atoms with Crippen LogP contribution in [0.3, 0.4) is 0 Å². The van der Waals surface area contributed by atoms with Crippen LogP contribution in [-0.4, -0.2) is 9.13 Å². The second kappa shape index (κ2) is 12.6. The molecule has 7 aromatic carbocycles. The molecule has 0 radical (unpaired) electrons. The molecule has 0 fully saturated rings. The number of hydrogen-bond donors (Lipinski definition) is 0. The highest BCUT2D eigenvalue weighted by molar-refractivity contribution is 6.13. The van der Waals surface area contributed by atoms with Crippen LogP contribution in [0.5, 0.6) is 0 Å². The normalized spacial score (nSPS) is 14.0. The SMILES string of the molecule is [2H]c1c([2H])c([2H])c(-c2ccc3c(c2)c2cc(-n4c5ccc(C(C)(C)C)cc5c5cc(C(C)(C)C)ccc54)ccc2n3-c2ccccc2C(C)(C)c2ccccc2)c([2H])c1[2H]. The Morgan fingerprint density at radius 3 is 1.55 bits per heavy atom. The number of fused-ring (bicyclic) bond motifs is 6. The molecule has 0 N–H and O–H groups in total. The lowest BCUT2D eigenvalue weighted by molar-refractivity contribution is 0.590. The van der Waals surface area contributed by atoms with E-state index in [1.165, 1.54) is 33.0 Å². The van der Waals surface area contributed by atoms with Crippen LogP contribution in [0.2, 0.25) is 0 Å². The predicted octanol–water partition coefficient (Wildman–Crippen LogP) is 14.5. The summed E-state index contributed by atoms with van der Waals surface area (Å²) in [5.74, 6) is 0. The third-order valence-corrected chi connectivity index (χ3v) is 11.6. The highest BCUT2D eigenvalue weighted by Crippen LogP contribution is 2.43. The van der Waals surface area contributed by atoms with Crippen molar-refractivity contribution in [2.45, 2.75) is 71.6 Å². The van der Waals surface area contributed by atoms with Crippen LogP contribution in [-0.2, 0) is 16.2 Å². The molecule has 0 amide bonds. The number of rotatable bonds is 5. The summed E-state index contributed by atoms with van der Waals surface area (Å²) in [6.07, 6.45) is 0. The van der Waals surface area contributed by atoms with Crippen molar-refractivity contribution < 1.29 is 6.85 Å². The smallest absolute Gasteiger partial charge is 0.0629 e. The maximum Gasteiger partial charge on any atom is 0.0629 e. The Morgan fingerprint density at radius 1 is 0.418 bits per heavy atom. The summed E-state index contributed by atoms with van der Waals surface area (Å²) < 4.78 is 47.6. The molecule has 0 saturated carbocycles. The van der Waals surface area contributed by atoms with Gasteiger partial charge in [-0.2, -0.15) is 0 Å². The minimum atomic E-state index is -0.399. The Balaban J connectivity index is 1.37. The highest BCUT2D eigenvalue weighted by Gasteiger charge is 2.28. The fourth-order valence-corrected chi connectivity index (χ4v) is 8.40. The summed E-state index contributed by atoms with van der Waals surface area (Å²) in [5, 5.41) is 4.35. The summed E-state index contributed by atoms with van der Waals surface area (Å²) in [4.78, 5) is 0. The topological polar surface area (TPSA) is 9.86 Å². The number of hydrogen-bond acceptors (Lipinski definition) is 0. The zero-order valence-corrected chi connectivity index (χ0v) is 33.0. The van der Waals surface area contributed by atoms with Gasteiger partial charge in [-0.15, -0.1) is 0 Å². The first-order valence-corrected chi connectivity index (χ1v) is 19.3. The summed E-state index contributed by atoms with van der Waals surface area (Å²) in [5.41, 5.74) is 11.6. The zero-order chi connectivity index (χ0) is 42.6. The van der Waals surface area contributed by atoms with Gasteiger partial charge in [0.1, 0.15) is 0 Å². The molecule has 9 rings (SSSR count). The van der Waals surface area contributed by atoms with E-state index in [0.717, 1.165) is 44.2 Å². The molecule has 0 aliphatic heterocycles. The molecule has 2 aromatic heterocycles. The van der Waals surface area contributed by atoms with Crippen molar-refractivity contribution in [2.75, 3.05) is 0 Å². The van der Waals surface area contributed by atoms with Crippen LogP contribution < -0.4 is 0 Å². The molecule has 0 unspecified atom stereocenters. The van der Waals surface area contributed by atoms with Crippen LogP contribution in [0.15, 0.2) is 158 Å². The molecule has 0 saturated heterocycles. The molecular formula is C53H50N2. The maximum atomic E-state index is 8.87. The van der Waals surface area contributed by atoms with Crippen LogP contribution in [0.4, 0.5) is 0 Å². The highest BCUT2D eigenvalue weighted by atomic mass is 15.0. The van der Waals surface area contributed by atoms with Crippen molar-refractivity contribution in [3.05, 3.63) is 180 Å². The van der Waals surface area contributed by atoms with E-state index in [-0.39, 0.29) is 46.0 Å². The van der Waals surface area contributed by atoms with Crippen LogP contribution >= 0.6 is 0 Å². The summed E-state index contributed by atoms with van der Waals surface area (Å²) in [7, 11) is 0. The van der Waals surface area contributed by atoms with Gasteiger partial charge < -0.3 is 9.13 Å². The fraction of sp³-hybridized carbons (Fsp3) is 0.208. The molecule has 0 spiro atoms. The van der Waals surface area contributed by atoms with E-state index in [9.17, 15) is 0 Å². The quantitative estimate of drug-likeness (QED) is 0.168. The van der Waals surface area contributed by atoms with Crippen LogP contribution in [0.1, 0.15) is 84.5 Å². The van der Waals surface area contributed by atoms with Gasteiger partial charge in [0.05, 0.1) is 34.6 Å². The van der Waals surface area contributed by atoms with E-state index in [2.05, 4.69) is 168 Å². The molecule has 0 aliphatic rings. The van der Waals surface area contributed by atoms with E-state index in [1.54, 1.807) is 0 Å². The van der Waals surface area contributed by atoms with Crippen molar-refractivity contribution in [2.24, 2.45) is 0 Å². The van der Waals surface area contributed by atoms with Gasteiger partial charge in [-0.1, -0.05) is 152 Å². The molecule has 9 aromatic rings. The van der Waals surface area contributed by atoms with Gasteiger partial charge in [-0.3, -0.25) is 0 Å². The first kappa shape index (κ1) is 29.5. The lowest BCUT2D eigenvalue weighted by Crippen LogP contribution is -2.21. The minimum absolute atomic E-state index is 0.0195. The monoisotopic (exact) mass is 719 g/mol. The number of para-hydroxylation sites is 1. The minimum Gasteiger partial charge on any atom is -0.309 e. The molecular weight excluding hydrogens is 665 g/mol. The number of aromatic nitrogens is 2. The Bertz CT molecular complexity index is 3090. The first-order valence-electron chi connectivity index (χ1n) is 21.8. The Hall–Kier alpha value is -5.86. The third kappa shape index (κ3) is 5.78. The first-order chi connectivity index (χ1) is 28.4. The van der Waals surface area contributed by atoms with Gasteiger partial charge >= 0.3 is 0 Å². The van der Waals surface area contributed by atoms with Crippen molar-refractivity contribution in [1.29, 1.82) is 0 Å². The van der Waals surface area contributed by atoms with Gasteiger partial charge in [0.2, 0.25) is 0 Å². The molecule has 55 heavy (non-hydrogen) atoms. The second-order valence-electron chi connectivity index (χ2n) is 17.6. The van der Waals surface area contributed by atoms with Gasteiger partial charge in [-0.25, -0.2) is 0 Å². The average molecular weight is 720 g/mol. The van der Waals surface area contributed by atoms with E-state index >= 15 is 0 Å². The van der Waals surface area contributed by atoms with Crippen LogP contribution in [0, 0.1) is 0 Å². The maximum absolute atomic E-state index is 8.87. The lowest BCUT2D eigenvalue weighted by Gasteiger charge is -2.29. The largest absolute Gasteiger partial charge is 0.309 e. The standard InChI is InChI=1S/C53H50N2/c1-51(2,3)38-24-28-46-42(32-38)43-33-39(52(4,5)6)25-29-47(43)54(46)40-26-30-49-44(34-40)41-31-36(35-17-11-9-12-18-35)23-27-48(41)55(49)50-22-16-15-21-45(50)53(7,8)37-19-13-10-14-20-37/h9-34H,1-8H3/i9D,11D,12D,17D,18D. The molecule has 272 valence electrons. The molecule has 2 nitrogen and oxygen atoms in total.